The number of nitrogens with one attached hydrogen (secondary N) is 1. The first-order valence-corrected chi connectivity index (χ1v) is 8.79. The highest BCUT2D eigenvalue weighted by atomic mass is 79.9. The quantitative estimate of drug-likeness (QED) is 0.789. The molecule has 0 aromatic heterocycles. The van der Waals surface area contributed by atoms with Crippen molar-refractivity contribution in [3.8, 4) is 0 Å². The number of rotatable bonds is 4. The van der Waals surface area contributed by atoms with E-state index in [9.17, 15) is 9.59 Å². The summed E-state index contributed by atoms with van der Waals surface area (Å²) in [5.41, 5.74) is 6.70. The van der Waals surface area contributed by atoms with Gasteiger partial charge in [-0.1, -0.05) is 26.0 Å². The van der Waals surface area contributed by atoms with Gasteiger partial charge in [0.2, 0.25) is 11.8 Å². The molecular formula is C17H25BrClN3O2. The second kappa shape index (κ2) is 9.39. The average Bonchev–Trinajstić information content (AvgIpc) is 2.55. The van der Waals surface area contributed by atoms with Crippen LogP contribution in [0.15, 0.2) is 28.7 Å². The maximum absolute atomic E-state index is 12.4. The third-order valence-electron chi connectivity index (χ3n) is 4.31. The highest BCUT2D eigenvalue weighted by Gasteiger charge is 2.30. The maximum atomic E-state index is 12.4. The number of nitrogens with two attached hydrogens (primary N) is 1. The zero-order chi connectivity index (χ0) is 17.0. The van der Waals surface area contributed by atoms with Crippen LogP contribution in [0.25, 0.3) is 0 Å². The molecule has 2 rings (SSSR count). The lowest BCUT2D eigenvalue weighted by atomic mass is 9.94. The second-order valence-corrected chi connectivity index (χ2v) is 7.19. The highest BCUT2D eigenvalue weighted by Crippen LogP contribution is 2.24. The van der Waals surface area contributed by atoms with Gasteiger partial charge in [0.1, 0.15) is 0 Å². The van der Waals surface area contributed by atoms with E-state index in [4.69, 9.17) is 5.73 Å². The van der Waals surface area contributed by atoms with Gasteiger partial charge in [0.05, 0.1) is 11.7 Å². The number of carbonyl (C=O) groups is 2. The molecule has 1 heterocycles. The standard InChI is InChI=1S/C17H24BrN3O2.ClH/c1-11(2)15(19)17(23)21-9-7-12(8-10-21)16(22)20-14-6-4-3-5-13(14)18;/h3-6,11-12,15H,7-10,19H2,1-2H3,(H,20,22);1H/t15-;/m0./s1. The summed E-state index contributed by atoms with van der Waals surface area (Å²) in [5, 5.41) is 2.95. The summed E-state index contributed by atoms with van der Waals surface area (Å²) < 4.78 is 0.865. The minimum atomic E-state index is -0.458. The molecule has 5 nitrogen and oxygen atoms in total. The van der Waals surface area contributed by atoms with E-state index in [1.54, 1.807) is 4.90 Å². The molecule has 1 saturated heterocycles. The first kappa shape index (κ1) is 20.9. The Balaban J connectivity index is 0.00000288. The number of carbonyl (C=O) groups excluding carboxylic acids is 2. The molecule has 0 spiro atoms. The molecule has 1 aromatic carbocycles. The monoisotopic (exact) mass is 417 g/mol. The molecule has 2 amide bonds. The Morgan fingerprint density at radius 1 is 1.25 bits per heavy atom. The van der Waals surface area contributed by atoms with Crippen LogP contribution in [0.1, 0.15) is 26.7 Å². The first-order valence-electron chi connectivity index (χ1n) is 8.00. The van der Waals surface area contributed by atoms with Crippen molar-refractivity contribution in [2.75, 3.05) is 18.4 Å². The Hall–Kier alpha value is -1.11. The van der Waals surface area contributed by atoms with Crippen molar-refractivity contribution in [1.29, 1.82) is 0 Å². The van der Waals surface area contributed by atoms with Gasteiger partial charge >= 0.3 is 0 Å². The Morgan fingerprint density at radius 3 is 2.38 bits per heavy atom. The van der Waals surface area contributed by atoms with Crippen LogP contribution in [0.4, 0.5) is 5.69 Å². The summed E-state index contributed by atoms with van der Waals surface area (Å²) >= 11 is 3.43. The molecule has 7 heteroatoms. The lowest BCUT2D eigenvalue weighted by Gasteiger charge is -2.33. The van der Waals surface area contributed by atoms with Gasteiger partial charge in [0.25, 0.3) is 0 Å². The summed E-state index contributed by atoms with van der Waals surface area (Å²) in [6.07, 6.45) is 1.35. The summed E-state index contributed by atoms with van der Waals surface area (Å²) in [4.78, 5) is 26.4. The van der Waals surface area contributed by atoms with Gasteiger partial charge in [0, 0.05) is 23.5 Å². The summed E-state index contributed by atoms with van der Waals surface area (Å²) in [7, 11) is 0. The number of para-hydroxylation sites is 1. The number of halogens is 2. The minimum absolute atomic E-state index is 0. The van der Waals surface area contributed by atoms with Crippen LogP contribution in [0.2, 0.25) is 0 Å². The topological polar surface area (TPSA) is 75.4 Å². The Morgan fingerprint density at radius 2 is 1.83 bits per heavy atom. The van der Waals surface area contributed by atoms with Gasteiger partial charge < -0.3 is 16.0 Å². The third-order valence-corrected chi connectivity index (χ3v) is 5.00. The molecule has 24 heavy (non-hydrogen) atoms. The lowest BCUT2D eigenvalue weighted by molar-refractivity contribution is -0.136. The molecule has 0 saturated carbocycles. The zero-order valence-electron chi connectivity index (χ0n) is 14.0. The molecule has 3 N–H and O–H groups in total. The van der Waals surface area contributed by atoms with E-state index in [2.05, 4.69) is 21.2 Å². The predicted molar refractivity (Wildman–Crippen MR) is 102 cm³/mol. The maximum Gasteiger partial charge on any atom is 0.239 e. The van der Waals surface area contributed by atoms with E-state index in [1.165, 1.54) is 0 Å². The molecular weight excluding hydrogens is 394 g/mol. The zero-order valence-corrected chi connectivity index (χ0v) is 16.4. The van der Waals surface area contributed by atoms with E-state index in [0.29, 0.717) is 25.9 Å². The molecule has 0 aliphatic carbocycles. The lowest BCUT2D eigenvalue weighted by Crippen LogP contribution is -2.50. The first-order chi connectivity index (χ1) is 10.9. The van der Waals surface area contributed by atoms with Crippen molar-refractivity contribution in [3.63, 3.8) is 0 Å². The van der Waals surface area contributed by atoms with Crippen LogP contribution < -0.4 is 11.1 Å². The molecule has 0 bridgehead atoms. The second-order valence-electron chi connectivity index (χ2n) is 6.34. The molecule has 1 aliphatic heterocycles. The molecule has 1 aromatic rings. The van der Waals surface area contributed by atoms with E-state index in [0.717, 1.165) is 10.2 Å². The van der Waals surface area contributed by atoms with Crippen LogP contribution in [-0.4, -0.2) is 35.8 Å². The number of likely N-dealkylation sites (tertiary alicyclic amines) is 1. The predicted octanol–water partition coefficient (Wildman–Crippen LogP) is 3.03. The Bertz CT molecular complexity index is 575. The van der Waals surface area contributed by atoms with Crippen molar-refractivity contribution in [3.05, 3.63) is 28.7 Å². The summed E-state index contributed by atoms with van der Waals surface area (Å²) in [5.74, 6) is 0.0576. The van der Waals surface area contributed by atoms with Crippen molar-refractivity contribution in [2.45, 2.75) is 32.7 Å². The number of benzene rings is 1. The number of anilines is 1. The SMILES string of the molecule is CC(C)[C@H](N)C(=O)N1CCC(C(=O)Nc2ccccc2Br)CC1.Cl. The van der Waals surface area contributed by atoms with E-state index in [1.807, 2.05) is 38.1 Å². The fourth-order valence-corrected chi connectivity index (χ4v) is 3.04. The number of amides is 2. The molecule has 1 fully saturated rings. The van der Waals surface area contributed by atoms with E-state index >= 15 is 0 Å². The molecule has 1 aliphatic rings. The minimum Gasteiger partial charge on any atom is -0.341 e. The number of hydrogen-bond acceptors (Lipinski definition) is 3. The van der Waals surface area contributed by atoms with Gasteiger partial charge in [-0.2, -0.15) is 0 Å². The Labute approximate surface area is 157 Å². The highest BCUT2D eigenvalue weighted by molar-refractivity contribution is 9.10. The van der Waals surface area contributed by atoms with E-state index < -0.39 is 6.04 Å². The van der Waals surface area contributed by atoms with Gasteiger partial charge in [-0.15, -0.1) is 12.4 Å². The molecule has 1 atom stereocenters. The van der Waals surface area contributed by atoms with Crippen molar-refractivity contribution >= 4 is 45.8 Å². The fourth-order valence-electron chi connectivity index (χ4n) is 2.66. The smallest absolute Gasteiger partial charge is 0.239 e. The average molecular weight is 419 g/mol. The fraction of sp³-hybridized carbons (Fsp3) is 0.529. The van der Waals surface area contributed by atoms with Crippen LogP contribution in [0.5, 0.6) is 0 Å². The molecule has 134 valence electrons. The number of hydrogen-bond donors (Lipinski definition) is 2. The van der Waals surface area contributed by atoms with Crippen LogP contribution in [0, 0.1) is 11.8 Å². The molecule has 0 unspecified atom stereocenters. The van der Waals surface area contributed by atoms with Gasteiger partial charge in [0.15, 0.2) is 0 Å². The summed E-state index contributed by atoms with van der Waals surface area (Å²) in [6, 6.07) is 7.09. The van der Waals surface area contributed by atoms with Gasteiger partial charge in [-0.05, 0) is 46.8 Å². The van der Waals surface area contributed by atoms with Gasteiger partial charge in [-0.3, -0.25) is 9.59 Å². The van der Waals surface area contributed by atoms with Crippen LogP contribution in [-0.2, 0) is 9.59 Å². The Kier molecular flexibility index (Phi) is 8.19. The van der Waals surface area contributed by atoms with Crippen molar-refractivity contribution < 1.29 is 9.59 Å². The van der Waals surface area contributed by atoms with E-state index in [-0.39, 0.29) is 36.1 Å². The number of nitrogens with zero attached hydrogens (tertiary/aromatic N) is 1. The third kappa shape index (κ3) is 5.19. The van der Waals surface area contributed by atoms with Gasteiger partial charge in [-0.25, -0.2) is 0 Å². The van der Waals surface area contributed by atoms with Crippen LogP contribution >= 0.6 is 28.3 Å². The normalized spacial score (nSPS) is 16.5. The molecule has 0 radical (unpaired) electrons. The largest absolute Gasteiger partial charge is 0.341 e. The van der Waals surface area contributed by atoms with Crippen LogP contribution in [0.3, 0.4) is 0 Å². The van der Waals surface area contributed by atoms with Crippen molar-refractivity contribution in [2.24, 2.45) is 17.6 Å². The van der Waals surface area contributed by atoms with Crippen molar-refractivity contribution in [1.82, 2.24) is 4.90 Å². The number of piperidine rings is 1. The summed E-state index contributed by atoms with van der Waals surface area (Å²) in [6.45, 7) is 5.07.